The van der Waals surface area contributed by atoms with Crippen molar-refractivity contribution in [3.63, 3.8) is 0 Å². The van der Waals surface area contributed by atoms with Gasteiger partial charge in [0.05, 0.1) is 0 Å². The fraction of sp³-hybridized carbons (Fsp3) is 0.526. The van der Waals surface area contributed by atoms with Crippen molar-refractivity contribution < 1.29 is 0 Å². The van der Waals surface area contributed by atoms with Gasteiger partial charge in [0, 0.05) is 43.5 Å². The SMILES string of the molecule is CCCCC(c1ccc2cnccc2c1)N1CCCNCC1. The van der Waals surface area contributed by atoms with Crippen LogP contribution in [-0.4, -0.2) is 36.1 Å². The van der Waals surface area contributed by atoms with E-state index in [9.17, 15) is 0 Å². The Hall–Kier alpha value is -1.45. The Kier molecular flexibility index (Phi) is 5.41. The molecule has 2 aromatic rings. The normalized spacial score (nSPS) is 18.2. The summed E-state index contributed by atoms with van der Waals surface area (Å²) in [6, 6.07) is 9.59. The van der Waals surface area contributed by atoms with Crippen LogP contribution in [0, 0.1) is 0 Å². The molecule has 3 nitrogen and oxygen atoms in total. The molecular formula is C19H27N3. The van der Waals surface area contributed by atoms with E-state index < -0.39 is 0 Å². The molecule has 1 N–H and O–H groups in total. The van der Waals surface area contributed by atoms with Gasteiger partial charge in [-0.2, -0.15) is 0 Å². The Morgan fingerprint density at radius 1 is 1.18 bits per heavy atom. The van der Waals surface area contributed by atoms with Crippen LogP contribution in [0.1, 0.15) is 44.2 Å². The summed E-state index contributed by atoms with van der Waals surface area (Å²) in [5.74, 6) is 0. The molecule has 22 heavy (non-hydrogen) atoms. The summed E-state index contributed by atoms with van der Waals surface area (Å²) in [7, 11) is 0. The van der Waals surface area contributed by atoms with Crippen LogP contribution in [0.25, 0.3) is 10.8 Å². The molecule has 3 heteroatoms. The van der Waals surface area contributed by atoms with Gasteiger partial charge in [0.2, 0.25) is 0 Å². The Balaban J connectivity index is 1.88. The van der Waals surface area contributed by atoms with E-state index in [1.165, 1.54) is 48.6 Å². The van der Waals surface area contributed by atoms with Crippen LogP contribution < -0.4 is 5.32 Å². The zero-order valence-electron chi connectivity index (χ0n) is 13.6. The van der Waals surface area contributed by atoms with Gasteiger partial charge in [-0.1, -0.05) is 31.9 Å². The molecule has 1 aliphatic rings. The van der Waals surface area contributed by atoms with Crippen LogP contribution in [0.2, 0.25) is 0 Å². The molecule has 1 aromatic heterocycles. The van der Waals surface area contributed by atoms with Crippen molar-refractivity contribution >= 4 is 10.8 Å². The van der Waals surface area contributed by atoms with Gasteiger partial charge in [-0.15, -0.1) is 0 Å². The number of fused-ring (bicyclic) bond motifs is 1. The Labute approximate surface area is 133 Å². The summed E-state index contributed by atoms with van der Waals surface area (Å²) < 4.78 is 0. The summed E-state index contributed by atoms with van der Waals surface area (Å²) in [5.41, 5.74) is 1.47. The summed E-state index contributed by atoms with van der Waals surface area (Å²) in [5, 5.41) is 6.06. The van der Waals surface area contributed by atoms with Crippen LogP contribution >= 0.6 is 0 Å². The number of rotatable bonds is 5. The number of unbranched alkanes of at least 4 members (excludes halogenated alkanes) is 1. The maximum atomic E-state index is 4.22. The highest BCUT2D eigenvalue weighted by Crippen LogP contribution is 2.29. The summed E-state index contributed by atoms with van der Waals surface area (Å²) in [6.07, 6.45) is 8.91. The quantitative estimate of drug-likeness (QED) is 0.911. The number of hydrogen-bond donors (Lipinski definition) is 1. The molecule has 1 fully saturated rings. The van der Waals surface area contributed by atoms with Gasteiger partial charge in [0.25, 0.3) is 0 Å². The number of nitrogens with one attached hydrogen (secondary N) is 1. The van der Waals surface area contributed by atoms with Gasteiger partial charge < -0.3 is 5.32 Å². The van der Waals surface area contributed by atoms with Gasteiger partial charge in [-0.3, -0.25) is 9.88 Å². The highest BCUT2D eigenvalue weighted by molar-refractivity contribution is 5.82. The standard InChI is InChI=1S/C19H27N3/c1-2-3-5-19(22-12-4-9-20-11-13-22)17-6-7-18-15-21-10-8-16(18)14-17/h6-8,10,14-15,19-20H,2-5,9,11-13H2,1H3. The van der Waals surface area contributed by atoms with E-state index in [1.54, 1.807) is 0 Å². The van der Waals surface area contributed by atoms with E-state index in [0.717, 1.165) is 19.6 Å². The number of hydrogen-bond acceptors (Lipinski definition) is 3. The fourth-order valence-electron chi connectivity index (χ4n) is 3.44. The smallest absolute Gasteiger partial charge is 0.0348 e. The lowest BCUT2D eigenvalue weighted by Crippen LogP contribution is -2.32. The predicted octanol–water partition coefficient (Wildman–Crippen LogP) is 3.76. The topological polar surface area (TPSA) is 28.2 Å². The minimum Gasteiger partial charge on any atom is -0.315 e. The van der Waals surface area contributed by atoms with Crippen molar-refractivity contribution in [2.24, 2.45) is 0 Å². The first kappa shape index (κ1) is 15.4. The van der Waals surface area contributed by atoms with Crippen LogP contribution in [-0.2, 0) is 0 Å². The maximum absolute atomic E-state index is 4.22. The molecular weight excluding hydrogens is 270 g/mol. The predicted molar refractivity (Wildman–Crippen MR) is 93.1 cm³/mol. The van der Waals surface area contributed by atoms with Gasteiger partial charge in [-0.25, -0.2) is 0 Å². The minimum absolute atomic E-state index is 0.553. The summed E-state index contributed by atoms with van der Waals surface area (Å²) in [6.45, 7) is 6.91. The van der Waals surface area contributed by atoms with Crippen LogP contribution in [0.4, 0.5) is 0 Å². The van der Waals surface area contributed by atoms with Gasteiger partial charge in [-0.05, 0) is 42.5 Å². The van der Waals surface area contributed by atoms with Crippen molar-refractivity contribution in [2.75, 3.05) is 26.2 Å². The number of benzene rings is 1. The van der Waals surface area contributed by atoms with Crippen molar-refractivity contribution in [3.8, 4) is 0 Å². The lowest BCUT2D eigenvalue weighted by molar-refractivity contribution is 0.197. The molecule has 1 aromatic carbocycles. The van der Waals surface area contributed by atoms with E-state index in [2.05, 4.69) is 46.4 Å². The second-order valence-electron chi connectivity index (χ2n) is 6.28. The molecule has 1 saturated heterocycles. The first-order chi connectivity index (χ1) is 10.9. The van der Waals surface area contributed by atoms with E-state index >= 15 is 0 Å². The van der Waals surface area contributed by atoms with Crippen LogP contribution in [0.3, 0.4) is 0 Å². The number of pyridine rings is 1. The van der Waals surface area contributed by atoms with Crippen molar-refractivity contribution in [1.82, 2.24) is 15.2 Å². The molecule has 1 aliphatic heterocycles. The Morgan fingerprint density at radius 3 is 3.05 bits per heavy atom. The van der Waals surface area contributed by atoms with E-state index in [1.807, 2.05) is 12.4 Å². The molecule has 3 rings (SSSR count). The third kappa shape index (κ3) is 3.65. The molecule has 2 heterocycles. The first-order valence-corrected chi connectivity index (χ1v) is 8.67. The second kappa shape index (κ2) is 7.70. The third-order valence-electron chi connectivity index (χ3n) is 4.70. The Morgan fingerprint density at radius 2 is 2.14 bits per heavy atom. The summed E-state index contributed by atoms with van der Waals surface area (Å²) in [4.78, 5) is 6.90. The zero-order valence-corrected chi connectivity index (χ0v) is 13.6. The van der Waals surface area contributed by atoms with Crippen molar-refractivity contribution in [2.45, 2.75) is 38.6 Å². The highest BCUT2D eigenvalue weighted by Gasteiger charge is 2.21. The molecule has 1 atom stereocenters. The summed E-state index contributed by atoms with van der Waals surface area (Å²) >= 11 is 0. The van der Waals surface area contributed by atoms with Crippen molar-refractivity contribution in [3.05, 3.63) is 42.2 Å². The fourth-order valence-corrected chi connectivity index (χ4v) is 3.44. The highest BCUT2D eigenvalue weighted by atomic mass is 15.2. The van der Waals surface area contributed by atoms with E-state index in [4.69, 9.17) is 0 Å². The molecule has 0 saturated carbocycles. The molecule has 0 bridgehead atoms. The zero-order chi connectivity index (χ0) is 15.2. The average molecular weight is 297 g/mol. The van der Waals surface area contributed by atoms with Crippen LogP contribution in [0.15, 0.2) is 36.7 Å². The molecule has 0 amide bonds. The van der Waals surface area contributed by atoms with E-state index in [-0.39, 0.29) is 0 Å². The molecule has 1 unspecified atom stereocenters. The lowest BCUT2D eigenvalue weighted by Gasteiger charge is -2.31. The average Bonchev–Trinajstić information content (AvgIpc) is 2.84. The number of aromatic nitrogens is 1. The lowest BCUT2D eigenvalue weighted by atomic mass is 9.97. The monoisotopic (exact) mass is 297 g/mol. The maximum Gasteiger partial charge on any atom is 0.0348 e. The Bertz CT molecular complexity index is 588. The van der Waals surface area contributed by atoms with Crippen molar-refractivity contribution in [1.29, 1.82) is 0 Å². The van der Waals surface area contributed by atoms with Gasteiger partial charge >= 0.3 is 0 Å². The largest absolute Gasteiger partial charge is 0.315 e. The first-order valence-electron chi connectivity index (χ1n) is 8.67. The van der Waals surface area contributed by atoms with Gasteiger partial charge in [0.1, 0.15) is 0 Å². The van der Waals surface area contributed by atoms with Gasteiger partial charge in [0.15, 0.2) is 0 Å². The molecule has 0 radical (unpaired) electrons. The minimum atomic E-state index is 0.553. The molecule has 0 aliphatic carbocycles. The van der Waals surface area contributed by atoms with Crippen LogP contribution in [0.5, 0.6) is 0 Å². The van der Waals surface area contributed by atoms with E-state index in [0.29, 0.717) is 6.04 Å². The number of nitrogens with zero attached hydrogens (tertiary/aromatic N) is 2. The second-order valence-corrected chi connectivity index (χ2v) is 6.28. The third-order valence-corrected chi connectivity index (χ3v) is 4.70. The molecule has 118 valence electrons. The molecule has 0 spiro atoms.